The molecule has 1 unspecified atom stereocenters. The van der Waals surface area contributed by atoms with Crippen molar-refractivity contribution in [3.05, 3.63) is 40.2 Å². The number of carbonyl (C=O) groups is 1. The fourth-order valence-corrected chi connectivity index (χ4v) is 6.62. The molecule has 3 aromatic rings. The van der Waals surface area contributed by atoms with E-state index in [1.165, 1.54) is 23.4 Å². The van der Waals surface area contributed by atoms with E-state index in [9.17, 15) is 4.79 Å². The average molecular weight is 457 g/mol. The number of likely N-dealkylation sites (tertiary alicyclic amines) is 1. The van der Waals surface area contributed by atoms with Crippen molar-refractivity contribution < 1.29 is 9.53 Å². The molecule has 1 saturated carbocycles. The van der Waals surface area contributed by atoms with Gasteiger partial charge in [-0.3, -0.25) is 4.79 Å². The Bertz CT molecular complexity index is 1130. The number of aromatic nitrogens is 3. The van der Waals surface area contributed by atoms with Crippen molar-refractivity contribution >= 4 is 34.0 Å². The molecule has 3 heterocycles. The van der Waals surface area contributed by atoms with Gasteiger partial charge in [0, 0.05) is 37.6 Å². The molecule has 31 heavy (non-hydrogen) atoms. The first-order chi connectivity index (χ1) is 14.9. The van der Waals surface area contributed by atoms with Crippen LogP contribution in [0.15, 0.2) is 23.1 Å². The number of hydrogen-bond acceptors (Lipinski definition) is 6. The number of fused-ring (bicyclic) bond motifs is 1. The third-order valence-corrected chi connectivity index (χ3v) is 8.73. The molecule has 0 radical (unpaired) electrons. The maximum absolute atomic E-state index is 11.5. The third-order valence-electron chi connectivity index (χ3n) is 6.42. The molecule has 1 saturated heterocycles. The number of methoxy groups -OCH3 is 1. The Labute approximate surface area is 191 Å². The second-order valence-electron chi connectivity index (χ2n) is 8.73. The van der Waals surface area contributed by atoms with Crippen LogP contribution < -0.4 is 4.74 Å². The third kappa shape index (κ3) is 4.07. The van der Waals surface area contributed by atoms with Crippen molar-refractivity contribution in [3.63, 3.8) is 0 Å². The molecule has 2 aliphatic rings. The summed E-state index contributed by atoms with van der Waals surface area (Å²) in [7, 11) is 1.71. The summed E-state index contributed by atoms with van der Waals surface area (Å²) in [5.74, 6) is 2.36. The van der Waals surface area contributed by atoms with Gasteiger partial charge in [-0.05, 0) is 43.4 Å². The molecule has 164 valence electrons. The minimum atomic E-state index is 0.149. The normalized spacial score (nSPS) is 17.7. The van der Waals surface area contributed by atoms with Gasteiger partial charge in [0.15, 0.2) is 0 Å². The molecule has 1 aliphatic heterocycles. The zero-order valence-corrected chi connectivity index (χ0v) is 20.1. The Hall–Kier alpha value is -2.06. The lowest BCUT2D eigenvalue weighted by molar-refractivity contribution is -0.131. The molecule has 0 bridgehead atoms. The van der Waals surface area contributed by atoms with E-state index in [4.69, 9.17) is 14.8 Å². The number of ether oxygens (including phenoxy) is 1. The van der Waals surface area contributed by atoms with E-state index in [2.05, 4.69) is 30.5 Å². The summed E-state index contributed by atoms with van der Waals surface area (Å²) in [6.07, 6.45) is 3.44. The molecule has 1 aliphatic carbocycles. The maximum Gasteiger partial charge on any atom is 0.219 e. The fraction of sp³-hybridized carbons (Fsp3) is 0.522. The van der Waals surface area contributed by atoms with Crippen LogP contribution in [0.2, 0.25) is 0 Å². The van der Waals surface area contributed by atoms with E-state index < -0.39 is 0 Å². The van der Waals surface area contributed by atoms with Crippen molar-refractivity contribution in [1.82, 2.24) is 19.5 Å². The lowest BCUT2D eigenvalue weighted by Gasteiger charge is -2.38. The topological polar surface area (TPSA) is 59.7 Å². The highest BCUT2D eigenvalue weighted by molar-refractivity contribution is 8.00. The zero-order valence-electron chi connectivity index (χ0n) is 18.4. The van der Waals surface area contributed by atoms with Gasteiger partial charge in [0.25, 0.3) is 0 Å². The maximum atomic E-state index is 11.5. The number of hydrogen-bond donors (Lipinski definition) is 0. The monoisotopic (exact) mass is 456 g/mol. The van der Waals surface area contributed by atoms with Gasteiger partial charge in [0.1, 0.15) is 10.8 Å². The Morgan fingerprint density at radius 2 is 2.13 bits per heavy atom. The van der Waals surface area contributed by atoms with E-state index in [-0.39, 0.29) is 5.91 Å². The Kier molecular flexibility index (Phi) is 5.46. The van der Waals surface area contributed by atoms with E-state index >= 15 is 0 Å². The first-order valence-corrected chi connectivity index (χ1v) is 12.6. The molecule has 1 atom stereocenters. The van der Waals surface area contributed by atoms with Crippen LogP contribution in [0, 0.1) is 12.8 Å². The van der Waals surface area contributed by atoms with Crippen LogP contribution in [0.25, 0.3) is 4.96 Å². The van der Waals surface area contributed by atoms with Crippen molar-refractivity contribution in [1.29, 1.82) is 0 Å². The number of benzene rings is 1. The predicted octanol–water partition coefficient (Wildman–Crippen LogP) is 4.53. The summed E-state index contributed by atoms with van der Waals surface area (Å²) in [4.78, 5) is 20.3. The summed E-state index contributed by atoms with van der Waals surface area (Å²) < 4.78 is 7.66. The van der Waals surface area contributed by atoms with Gasteiger partial charge in [-0.2, -0.15) is 5.10 Å². The minimum absolute atomic E-state index is 0.149. The number of carbonyl (C=O) groups excluding carboxylic acids is 1. The first-order valence-electron chi connectivity index (χ1n) is 10.9. The Morgan fingerprint density at radius 1 is 1.35 bits per heavy atom. The number of nitrogens with zero attached hydrogens (tertiary/aromatic N) is 4. The van der Waals surface area contributed by atoms with E-state index in [1.807, 2.05) is 11.0 Å². The van der Waals surface area contributed by atoms with Crippen molar-refractivity contribution in [2.75, 3.05) is 20.2 Å². The molecule has 1 amide bonds. The van der Waals surface area contributed by atoms with Gasteiger partial charge in [0.2, 0.25) is 10.9 Å². The van der Waals surface area contributed by atoms with Gasteiger partial charge in [-0.1, -0.05) is 24.3 Å². The number of amides is 1. The summed E-state index contributed by atoms with van der Waals surface area (Å²) in [5, 5.41) is 6.57. The van der Waals surface area contributed by atoms with Crippen LogP contribution in [0.4, 0.5) is 0 Å². The van der Waals surface area contributed by atoms with Crippen LogP contribution in [-0.2, 0) is 11.2 Å². The summed E-state index contributed by atoms with van der Waals surface area (Å²) in [5.41, 5.74) is 3.43. The smallest absolute Gasteiger partial charge is 0.219 e. The highest BCUT2D eigenvalue weighted by atomic mass is 32.2. The standard InChI is InChI=1S/C23H28N4O2S2/c1-13(17-6-7-17)22-25-27-19(14(2)24-23(27)31-22)9-16-5-8-20(29-4)21(10-16)30-18-11-26(12-18)15(3)28/h5,8,10,13,17-18H,6-7,9,11-12H2,1-4H3. The molecule has 5 rings (SSSR count). The van der Waals surface area contributed by atoms with Crippen LogP contribution in [0.1, 0.15) is 54.6 Å². The van der Waals surface area contributed by atoms with Crippen LogP contribution in [0.5, 0.6) is 5.75 Å². The fourth-order valence-electron chi connectivity index (χ4n) is 4.16. The van der Waals surface area contributed by atoms with Crippen LogP contribution >= 0.6 is 23.1 Å². The van der Waals surface area contributed by atoms with Crippen molar-refractivity contribution in [3.8, 4) is 5.75 Å². The molecule has 2 fully saturated rings. The SMILES string of the molecule is COc1ccc(Cc2c(C)nc3sc(C(C)C4CC4)nn23)cc1SC1CN(C(C)=O)C1. The van der Waals surface area contributed by atoms with Gasteiger partial charge in [-0.25, -0.2) is 9.50 Å². The first kappa shape index (κ1) is 20.8. The summed E-state index contributed by atoms with van der Waals surface area (Å²) in [6.45, 7) is 7.60. The predicted molar refractivity (Wildman–Crippen MR) is 124 cm³/mol. The molecular formula is C23H28N4O2S2. The van der Waals surface area contributed by atoms with Gasteiger partial charge < -0.3 is 9.64 Å². The molecule has 1 aromatic carbocycles. The van der Waals surface area contributed by atoms with Gasteiger partial charge >= 0.3 is 0 Å². The van der Waals surface area contributed by atoms with Gasteiger partial charge in [0.05, 0.1) is 23.4 Å². The number of imidazole rings is 1. The van der Waals surface area contributed by atoms with Crippen molar-refractivity contribution in [2.24, 2.45) is 5.92 Å². The second kappa shape index (κ2) is 8.13. The van der Waals surface area contributed by atoms with Crippen LogP contribution in [-0.4, -0.2) is 50.9 Å². The minimum Gasteiger partial charge on any atom is -0.496 e. The Balaban J connectivity index is 1.37. The van der Waals surface area contributed by atoms with E-state index in [1.54, 1.807) is 37.1 Å². The molecule has 0 spiro atoms. The lowest BCUT2D eigenvalue weighted by Crippen LogP contribution is -2.51. The molecule has 0 N–H and O–H groups in total. The lowest BCUT2D eigenvalue weighted by atomic mass is 10.1. The average Bonchev–Trinajstić information content (AvgIpc) is 3.42. The second-order valence-corrected chi connectivity index (χ2v) is 11.1. The highest BCUT2D eigenvalue weighted by Gasteiger charge is 2.32. The number of rotatable bonds is 7. The highest BCUT2D eigenvalue weighted by Crippen LogP contribution is 2.43. The molecule has 2 aromatic heterocycles. The molecule has 6 nitrogen and oxygen atoms in total. The summed E-state index contributed by atoms with van der Waals surface area (Å²) >= 11 is 3.54. The van der Waals surface area contributed by atoms with Crippen LogP contribution in [0.3, 0.4) is 0 Å². The summed E-state index contributed by atoms with van der Waals surface area (Å²) in [6, 6.07) is 6.40. The molecular weight excluding hydrogens is 428 g/mol. The Morgan fingerprint density at radius 3 is 2.81 bits per heavy atom. The molecule has 8 heteroatoms. The largest absolute Gasteiger partial charge is 0.496 e. The quantitative estimate of drug-likeness (QED) is 0.523. The number of thioether (sulfide) groups is 1. The van der Waals surface area contributed by atoms with Gasteiger partial charge in [-0.15, -0.1) is 11.8 Å². The zero-order chi connectivity index (χ0) is 21.7. The van der Waals surface area contributed by atoms with E-state index in [0.29, 0.717) is 11.2 Å². The van der Waals surface area contributed by atoms with Crippen molar-refractivity contribution in [2.45, 2.75) is 56.1 Å². The van der Waals surface area contributed by atoms with E-state index in [0.717, 1.165) is 52.4 Å². The number of aryl methyl sites for hydroxylation is 1.